The summed E-state index contributed by atoms with van der Waals surface area (Å²) < 4.78 is 0. The smallest absolute Gasteiger partial charge is 0.115 e. The highest BCUT2D eigenvalue weighted by atomic mass is 16.3. The summed E-state index contributed by atoms with van der Waals surface area (Å²) in [7, 11) is 5.92. The lowest BCUT2D eigenvalue weighted by molar-refractivity contribution is 0.475. The van der Waals surface area contributed by atoms with Crippen LogP contribution in [0, 0.1) is 5.92 Å². The Hall–Kier alpha value is -2.34. The highest BCUT2D eigenvalue weighted by Crippen LogP contribution is 2.27. The monoisotopic (exact) mass is 410 g/mol. The minimum Gasteiger partial charge on any atom is -0.508 e. The molecule has 3 aromatic rings. The first kappa shape index (κ1) is 23.9. The summed E-state index contributed by atoms with van der Waals surface area (Å²) in [6, 6.07) is 15.7. The Balaban J connectivity index is 0.000000171. The molecule has 1 aliphatic rings. The molecule has 5 N–H and O–H groups in total. The van der Waals surface area contributed by atoms with E-state index in [1.165, 1.54) is 41.4 Å². The van der Waals surface area contributed by atoms with E-state index in [0.29, 0.717) is 5.75 Å². The van der Waals surface area contributed by atoms with Crippen molar-refractivity contribution < 1.29 is 5.11 Å². The van der Waals surface area contributed by atoms with Gasteiger partial charge in [0, 0.05) is 17.1 Å². The van der Waals surface area contributed by atoms with E-state index in [0.717, 1.165) is 31.8 Å². The summed E-state index contributed by atoms with van der Waals surface area (Å²) >= 11 is 0. The number of aromatic hydroxyl groups is 1. The van der Waals surface area contributed by atoms with Gasteiger partial charge in [-0.2, -0.15) is 0 Å². The van der Waals surface area contributed by atoms with Gasteiger partial charge in [0.2, 0.25) is 0 Å². The van der Waals surface area contributed by atoms with Gasteiger partial charge in [-0.05, 0) is 102 Å². The predicted molar refractivity (Wildman–Crippen MR) is 128 cm³/mol. The molecule has 0 aliphatic heterocycles. The molecule has 1 heterocycles. The normalized spacial score (nSPS) is 12.6. The number of H-pyrrole nitrogens is 1. The number of hydrogen-bond donors (Lipinski definition) is 5. The second kappa shape index (κ2) is 13.8. The Kier molecular flexibility index (Phi) is 11.0. The predicted octanol–water partition coefficient (Wildman–Crippen LogP) is 3.70. The molecule has 0 amide bonds. The number of hydrogen-bond acceptors (Lipinski definition) is 4. The molecule has 4 rings (SSSR count). The van der Waals surface area contributed by atoms with Gasteiger partial charge in [-0.15, -0.1) is 0 Å². The van der Waals surface area contributed by atoms with Gasteiger partial charge in [0.1, 0.15) is 5.75 Å². The van der Waals surface area contributed by atoms with Crippen LogP contribution in [0.3, 0.4) is 0 Å². The number of nitrogens with one attached hydrogen (secondary N) is 4. The van der Waals surface area contributed by atoms with E-state index < -0.39 is 0 Å². The van der Waals surface area contributed by atoms with Crippen molar-refractivity contribution in [1.82, 2.24) is 20.9 Å². The van der Waals surface area contributed by atoms with Crippen molar-refractivity contribution in [3.05, 3.63) is 65.9 Å². The molecule has 0 bridgehead atoms. The van der Waals surface area contributed by atoms with Crippen LogP contribution in [-0.4, -0.2) is 50.9 Å². The molecule has 2 aromatic carbocycles. The molecule has 1 aliphatic carbocycles. The van der Waals surface area contributed by atoms with Crippen LogP contribution in [0.5, 0.6) is 5.75 Å². The lowest BCUT2D eigenvalue weighted by Crippen LogP contribution is -2.09. The summed E-state index contributed by atoms with van der Waals surface area (Å²) in [5.74, 6) is 1.37. The van der Waals surface area contributed by atoms with E-state index in [1.807, 2.05) is 33.3 Å². The Morgan fingerprint density at radius 3 is 2.13 bits per heavy atom. The number of benzene rings is 2. The summed E-state index contributed by atoms with van der Waals surface area (Å²) in [5.41, 5.74) is 3.87. The van der Waals surface area contributed by atoms with Crippen molar-refractivity contribution in [3.8, 4) is 5.75 Å². The van der Waals surface area contributed by atoms with Gasteiger partial charge in [0.25, 0.3) is 0 Å². The molecular weight excluding hydrogens is 372 g/mol. The third kappa shape index (κ3) is 8.99. The zero-order chi connectivity index (χ0) is 21.6. The van der Waals surface area contributed by atoms with Crippen LogP contribution in [0.4, 0.5) is 0 Å². The van der Waals surface area contributed by atoms with E-state index >= 15 is 0 Å². The van der Waals surface area contributed by atoms with Crippen molar-refractivity contribution in [3.63, 3.8) is 0 Å². The molecular formula is C25H38N4O. The van der Waals surface area contributed by atoms with Crippen LogP contribution in [-0.2, 0) is 12.8 Å². The van der Waals surface area contributed by atoms with E-state index in [1.54, 1.807) is 12.1 Å². The fourth-order valence-electron chi connectivity index (χ4n) is 3.14. The van der Waals surface area contributed by atoms with Gasteiger partial charge < -0.3 is 26.0 Å². The second-order valence-corrected chi connectivity index (χ2v) is 7.73. The fourth-order valence-corrected chi connectivity index (χ4v) is 3.14. The first-order chi connectivity index (χ1) is 14.7. The number of phenols is 1. The van der Waals surface area contributed by atoms with Crippen LogP contribution in [0.2, 0.25) is 0 Å². The lowest BCUT2D eigenvalue weighted by Gasteiger charge is -1.99. The lowest BCUT2D eigenvalue weighted by atomic mass is 10.1. The summed E-state index contributed by atoms with van der Waals surface area (Å²) in [4.78, 5) is 3.27. The Labute approximate surface area is 181 Å². The van der Waals surface area contributed by atoms with Crippen LogP contribution >= 0.6 is 0 Å². The van der Waals surface area contributed by atoms with Crippen LogP contribution < -0.4 is 16.0 Å². The van der Waals surface area contributed by atoms with Crippen molar-refractivity contribution in [2.75, 3.05) is 40.8 Å². The summed E-state index contributed by atoms with van der Waals surface area (Å²) in [5, 5.41) is 19.7. The van der Waals surface area contributed by atoms with Crippen LogP contribution in [0.25, 0.3) is 10.9 Å². The van der Waals surface area contributed by atoms with Crippen molar-refractivity contribution in [2.24, 2.45) is 5.92 Å². The number of aromatic amines is 1. The first-order valence-electron chi connectivity index (χ1n) is 10.9. The zero-order valence-corrected chi connectivity index (χ0v) is 18.7. The second-order valence-electron chi connectivity index (χ2n) is 7.73. The zero-order valence-electron chi connectivity index (χ0n) is 18.7. The molecule has 1 aromatic heterocycles. The van der Waals surface area contributed by atoms with E-state index in [2.05, 4.69) is 51.4 Å². The van der Waals surface area contributed by atoms with Crippen molar-refractivity contribution in [2.45, 2.75) is 25.7 Å². The van der Waals surface area contributed by atoms with Gasteiger partial charge in [-0.25, -0.2) is 0 Å². The molecule has 0 radical (unpaired) electrons. The topological polar surface area (TPSA) is 72.1 Å². The Bertz CT molecular complexity index is 825. The minimum atomic E-state index is 0.332. The first-order valence-corrected chi connectivity index (χ1v) is 10.9. The number of likely N-dealkylation sites (N-methyl/N-ethyl adjacent to an activating group) is 2. The quantitative estimate of drug-likeness (QED) is 0.393. The van der Waals surface area contributed by atoms with Gasteiger partial charge in [0.15, 0.2) is 0 Å². The number of para-hydroxylation sites is 1. The fraction of sp³-hybridized carbons (Fsp3) is 0.440. The van der Waals surface area contributed by atoms with E-state index in [4.69, 9.17) is 5.11 Å². The molecule has 0 atom stereocenters. The molecule has 5 nitrogen and oxygen atoms in total. The van der Waals surface area contributed by atoms with E-state index in [9.17, 15) is 0 Å². The number of phenolic OH excluding ortho intramolecular Hbond substituents is 1. The average Bonchev–Trinajstić information content (AvgIpc) is 3.50. The Morgan fingerprint density at radius 1 is 0.867 bits per heavy atom. The maximum Gasteiger partial charge on any atom is 0.115 e. The van der Waals surface area contributed by atoms with E-state index in [-0.39, 0.29) is 0 Å². The SMILES string of the molecule is CNCC1CC1.CNCCc1c[nH]c2ccccc12.CNCCc1ccc(O)cc1. The third-order valence-corrected chi connectivity index (χ3v) is 5.11. The third-order valence-electron chi connectivity index (χ3n) is 5.11. The maximum absolute atomic E-state index is 8.97. The molecule has 164 valence electrons. The maximum atomic E-state index is 8.97. The van der Waals surface area contributed by atoms with Crippen molar-refractivity contribution >= 4 is 10.9 Å². The number of rotatable bonds is 8. The molecule has 1 saturated carbocycles. The van der Waals surface area contributed by atoms with Gasteiger partial charge >= 0.3 is 0 Å². The van der Waals surface area contributed by atoms with Crippen molar-refractivity contribution in [1.29, 1.82) is 0 Å². The molecule has 0 spiro atoms. The highest BCUT2D eigenvalue weighted by molar-refractivity contribution is 5.83. The van der Waals surface area contributed by atoms with Crippen LogP contribution in [0.1, 0.15) is 24.0 Å². The minimum absolute atomic E-state index is 0.332. The Morgan fingerprint density at radius 2 is 1.53 bits per heavy atom. The van der Waals surface area contributed by atoms with Gasteiger partial charge in [-0.3, -0.25) is 0 Å². The van der Waals surface area contributed by atoms with Gasteiger partial charge in [0.05, 0.1) is 0 Å². The molecule has 30 heavy (non-hydrogen) atoms. The highest BCUT2D eigenvalue weighted by Gasteiger charge is 2.19. The van der Waals surface area contributed by atoms with Crippen LogP contribution in [0.15, 0.2) is 54.7 Å². The van der Waals surface area contributed by atoms with Gasteiger partial charge in [-0.1, -0.05) is 30.3 Å². The average molecular weight is 411 g/mol. The molecule has 0 unspecified atom stereocenters. The summed E-state index contributed by atoms with van der Waals surface area (Å²) in [6.45, 7) is 3.24. The standard InChI is InChI=1S/C11H14N2.C9H13NO.C5H11N/c1-12-7-6-9-8-13-11-5-3-2-4-10(9)11;1-10-7-6-8-2-4-9(11)5-3-8;1-6-4-5-2-3-5/h2-5,8,12-13H,6-7H2,1H3;2-5,10-11H,6-7H2,1H3;5-6H,2-4H2,1H3. The number of fused-ring (bicyclic) bond motifs is 1. The summed E-state index contributed by atoms with van der Waals surface area (Å²) in [6.07, 6.45) is 7.11. The molecule has 5 heteroatoms. The number of aromatic nitrogens is 1. The molecule has 0 saturated heterocycles. The molecule has 1 fully saturated rings. The largest absolute Gasteiger partial charge is 0.508 e.